The molecule has 0 bridgehead atoms. The minimum absolute atomic E-state index is 0.169. The maximum absolute atomic E-state index is 12.8. The predicted molar refractivity (Wildman–Crippen MR) is 108 cm³/mol. The molecule has 0 saturated carbocycles. The van der Waals surface area contributed by atoms with Gasteiger partial charge in [-0.05, 0) is 49.9 Å². The normalized spacial score (nSPS) is 14.9. The molecule has 28 heavy (non-hydrogen) atoms. The van der Waals surface area contributed by atoms with Crippen molar-refractivity contribution in [2.75, 3.05) is 31.2 Å². The molecule has 0 unspecified atom stereocenters. The van der Waals surface area contributed by atoms with Crippen LogP contribution in [0.3, 0.4) is 0 Å². The number of morpholine rings is 1. The molecule has 1 aromatic heterocycles. The predicted octanol–water partition coefficient (Wildman–Crippen LogP) is 1.84. The Kier molecular flexibility index (Phi) is 6.04. The molecule has 1 aliphatic rings. The van der Waals surface area contributed by atoms with Crippen LogP contribution in [0.15, 0.2) is 16.3 Å². The lowest BCUT2D eigenvalue weighted by Crippen LogP contribution is -2.42. The molecule has 1 aliphatic heterocycles. The van der Waals surface area contributed by atoms with Crippen LogP contribution >= 0.6 is 11.3 Å². The minimum Gasteiger partial charge on any atom is -0.378 e. The van der Waals surface area contributed by atoms with Crippen molar-refractivity contribution in [3.05, 3.63) is 39.4 Å². The van der Waals surface area contributed by atoms with Gasteiger partial charge in [-0.1, -0.05) is 6.07 Å². The highest BCUT2D eigenvalue weighted by molar-refractivity contribution is 7.89. The minimum atomic E-state index is -3.92. The topological polar surface area (TPSA) is 101 Å². The van der Waals surface area contributed by atoms with Gasteiger partial charge in [0.15, 0.2) is 5.13 Å². The van der Waals surface area contributed by atoms with E-state index in [1.807, 2.05) is 24.8 Å². The van der Waals surface area contributed by atoms with E-state index >= 15 is 0 Å². The number of benzene rings is 1. The lowest BCUT2D eigenvalue weighted by Gasteiger charge is -2.25. The zero-order valence-electron chi connectivity index (χ0n) is 16.3. The summed E-state index contributed by atoms with van der Waals surface area (Å²) in [5.74, 6) is -0.598. The molecule has 0 radical (unpaired) electrons. The second-order valence-corrected chi connectivity index (χ2v) is 9.22. The van der Waals surface area contributed by atoms with Gasteiger partial charge in [0, 0.05) is 18.5 Å². The molecule has 3 rings (SSSR count). The number of rotatable bonds is 5. The second-order valence-electron chi connectivity index (χ2n) is 6.76. The number of hydrazine groups is 1. The summed E-state index contributed by atoms with van der Waals surface area (Å²) in [4.78, 5) is 21.1. The average Bonchev–Trinajstić information content (AvgIpc) is 3.16. The average molecular weight is 425 g/mol. The second kappa shape index (κ2) is 8.16. The van der Waals surface area contributed by atoms with Crippen LogP contribution in [0.2, 0.25) is 0 Å². The lowest BCUT2D eigenvalue weighted by atomic mass is 10.0. The highest BCUT2D eigenvalue weighted by Gasteiger charge is 2.24. The van der Waals surface area contributed by atoms with E-state index in [1.165, 1.54) is 11.3 Å². The van der Waals surface area contributed by atoms with Crippen LogP contribution in [-0.4, -0.2) is 45.6 Å². The van der Waals surface area contributed by atoms with E-state index in [1.54, 1.807) is 19.2 Å². The van der Waals surface area contributed by atoms with Crippen molar-refractivity contribution in [2.45, 2.75) is 32.6 Å². The van der Waals surface area contributed by atoms with Crippen LogP contribution in [0.1, 0.15) is 32.7 Å². The number of aryl methyl sites for hydroxylation is 2. The van der Waals surface area contributed by atoms with Gasteiger partial charge in [0.2, 0.25) is 0 Å². The molecule has 2 heterocycles. The van der Waals surface area contributed by atoms with Gasteiger partial charge in [-0.25, -0.2) is 13.4 Å². The number of nitrogens with zero attached hydrogens (tertiary/aromatic N) is 2. The van der Waals surface area contributed by atoms with Gasteiger partial charge in [-0.3, -0.25) is 10.2 Å². The van der Waals surface area contributed by atoms with E-state index in [-0.39, 0.29) is 10.6 Å². The molecular weight excluding hydrogens is 400 g/mol. The number of nitrogens with one attached hydrogen (secondary N) is 2. The first-order valence-corrected chi connectivity index (χ1v) is 11.2. The fraction of sp³-hybridized carbons (Fsp3) is 0.444. The molecule has 1 aromatic carbocycles. The lowest BCUT2D eigenvalue weighted by molar-refractivity contribution is 0.0940. The van der Waals surface area contributed by atoms with Crippen molar-refractivity contribution in [2.24, 2.45) is 0 Å². The first-order valence-electron chi connectivity index (χ1n) is 8.88. The number of carbonyl (C=O) groups excluding carboxylic acids is 1. The smallest absolute Gasteiger partial charge is 0.285 e. The highest BCUT2D eigenvalue weighted by atomic mass is 32.2. The SMILES string of the molecule is Cc1cc(C)c(C)c(S(=O)(=O)NNC(=O)c2csc(N3CCOCC3)n2)c1C. The van der Waals surface area contributed by atoms with Crippen LogP contribution in [0.4, 0.5) is 5.13 Å². The molecule has 1 saturated heterocycles. The third-order valence-corrected chi connectivity index (χ3v) is 7.29. The molecule has 1 fully saturated rings. The van der Waals surface area contributed by atoms with Crippen molar-refractivity contribution < 1.29 is 17.9 Å². The number of anilines is 1. The first kappa shape index (κ1) is 20.7. The molecule has 10 heteroatoms. The summed E-state index contributed by atoms with van der Waals surface area (Å²) in [5.41, 5.74) is 5.52. The summed E-state index contributed by atoms with van der Waals surface area (Å²) in [7, 11) is -3.92. The summed E-state index contributed by atoms with van der Waals surface area (Å²) in [6, 6.07) is 1.95. The fourth-order valence-corrected chi connectivity index (χ4v) is 5.40. The van der Waals surface area contributed by atoms with Gasteiger partial charge >= 0.3 is 0 Å². The van der Waals surface area contributed by atoms with Crippen LogP contribution in [0.25, 0.3) is 0 Å². The molecule has 8 nitrogen and oxygen atoms in total. The van der Waals surface area contributed by atoms with Crippen molar-refractivity contribution in [3.63, 3.8) is 0 Å². The molecule has 1 amide bonds. The van der Waals surface area contributed by atoms with Crippen molar-refractivity contribution in [1.29, 1.82) is 0 Å². The number of ether oxygens (including phenoxy) is 1. The van der Waals surface area contributed by atoms with Gasteiger partial charge in [0.1, 0.15) is 5.69 Å². The molecule has 2 aromatic rings. The summed E-state index contributed by atoms with van der Waals surface area (Å²) >= 11 is 1.34. The maximum Gasteiger partial charge on any atom is 0.285 e. The van der Waals surface area contributed by atoms with Crippen molar-refractivity contribution in [1.82, 2.24) is 15.2 Å². The molecule has 2 N–H and O–H groups in total. The Morgan fingerprint density at radius 1 is 1.14 bits per heavy atom. The van der Waals surface area contributed by atoms with Crippen molar-refractivity contribution >= 4 is 32.4 Å². The molecule has 0 aliphatic carbocycles. The van der Waals surface area contributed by atoms with E-state index in [4.69, 9.17) is 4.74 Å². The fourth-order valence-electron chi connectivity index (χ4n) is 3.08. The molecule has 0 atom stereocenters. The van der Waals surface area contributed by atoms with Crippen LogP contribution in [-0.2, 0) is 14.8 Å². The number of amides is 1. The highest BCUT2D eigenvalue weighted by Crippen LogP contribution is 2.26. The standard InChI is InChI=1S/C18H24N4O4S2/c1-11-9-12(2)14(4)16(13(11)3)28(24,25)21-20-17(23)15-10-27-18(19-15)22-5-7-26-8-6-22/h9-10,21H,5-8H2,1-4H3,(H,20,23). The van der Waals surface area contributed by atoms with E-state index in [0.29, 0.717) is 37.4 Å². The van der Waals surface area contributed by atoms with E-state index in [0.717, 1.165) is 16.3 Å². The number of hydrogen-bond donors (Lipinski definition) is 2. The van der Waals surface area contributed by atoms with Gasteiger partial charge in [0.25, 0.3) is 15.9 Å². The van der Waals surface area contributed by atoms with E-state index in [9.17, 15) is 13.2 Å². The maximum atomic E-state index is 12.8. The zero-order chi connectivity index (χ0) is 20.5. The molecule has 152 valence electrons. The Morgan fingerprint density at radius 3 is 2.36 bits per heavy atom. The van der Waals surface area contributed by atoms with E-state index < -0.39 is 15.9 Å². The third kappa shape index (κ3) is 4.19. The van der Waals surface area contributed by atoms with E-state index in [2.05, 4.69) is 15.2 Å². The monoisotopic (exact) mass is 424 g/mol. The van der Waals surface area contributed by atoms with Crippen LogP contribution < -0.4 is 15.2 Å². The summed E-state index contributed by atoms with van der Waals surface area (Å²) in [5, 5.41) is 2.33. The number of sulfonamides is 1. The number of carbonyl (C=O) groups is 1. The van der Waals surface area contributed by atoms with Gasteiger partial charge in [-0.15, -0.1) is 16.2 Å². The quantitative estimate of drug-likeness (QED) is 0.711. The Hall–Kier alpha value is -2.01. The van der Waals surface area contributed by atoms with Crippen molar-refractivity contribution in [3.8, 4) is 0 Å². The number of hydrogen-bond acceptors (Lipinski definition) is 7. The third-order valence-electron chi connectivity index (χ3n) is 4.87. The van der Waals surface area contributed by atoms with Gasteiger partial charge in [0.05, 0.1) is 18.1 Å². The first-order chi connectivity index (χ1) is 13.2. The van der Waals surface area contributed by atoms with Gasteiger partial charge in [-0.2, -0.15) is 0 Å². The largest absolute Gasteiger partial charge is 0.378 e. The van der Waals surface area contributed by atoms with Gasteiger partial charge < -0.3 is 9.64 Å². The Balaban J connectivity index is 1.73. The summed E-state index contributed by atoms with van der Waals surface area (Å²) in [6.45, 7) is 9.91. The Bertz CT molecular complexity index is 969. The van der Waals surface area contributed by atoms with Crippen LogP contribution in [0.5, 0.6) is 0 Å². The Labute approximate surface area is 168 Å². The summed E-state index contributed by atoms with van der Waals surface area (Å²) in [6.07, 6.45) is 0. The number of thiazole rings is 1. The number of aromatic nitrogens is 1. The Morgan fingerprint density at radius 2 is 1.75 bits per heavy atom. The van der Waals surface area contributed by atoms with Crippen LogP contribution in [0, 0.1) is 27.7 Å². The molecule has 0 spiro atoms. The zero-order valence-corrected chi connectivity index (χ0v) is 18.0. The summed E-state index contributed by atoms with van der Waals surface area (Å²) < 4.78 is 30.9. The molecular formula is C18H24N4O4S2.